The summed E-state index contributed by atoms with van der Waals surface area (Å²) in [7, 11) is 0. The number of esters is 1. The maximum Gasteiger partial charge on any atom is 0.333 e. The lowest BCUT2D eigenvalue weighted by atomic mass is 10.4. The zero-order chi connectivity index (χ0) is 25.2. The van der Waals surface area contributed by atoms with Gasteiger partial charge in [-0.2, -0.15) is 0 Å². The van der Waals surface area contributed by atoms with Crippen LogP contribution < -0.4 is 0 Å². The van der Waals surface area contributed by atoms with Crippen LogP contribution in [0.5, 0.6) is 0 Å². The number of carboxylic acids is 2. The molecule has 5 N–H and O–H groups in total. The van der Waals surface area contributed by atoms with E-state index >= 15 is 0 Å². The summed E-state index contributed by atoms with van der Waals surface area (Å²) in [6.07, 6.45) is 0. The van der Waals surface area contributed by atoms with Crippen LogP contribution in [0.3, 0.4) is 0 Å². The minimum atomic E-state index is -0.935. The van der Waals surface area contributed by atoms with Gasteiger partial charge in [0.2, 0.25) is 0 Å². The van der Waals surface area contributed by atoms with E-state index in [9.17, 15) is 14.4 Å². The van der Waals surface area contributed by atoms with Crippen molar-refractivity contribution in [3.8, 4) is 0 Å². The van der Waals surface area contributed by atoms with Gasteiger partial charge < -0.3 is 39.7 Å². The smallest absolute Gasteiger partial charge is 0.333 e. The third-order valence-corrected chi connectivity index (χ3v) is 2.25. The molecule has 0 saturated heterocycles. The van der Waals surface area contributed by atoms with Crippen molar-refractivity contribution in [3.63, 3.8) is 0 Å². The molecule has 0 amide bonds. The van der Waals surface area contributed by atoms with Gasteiger partial charge in [-0.15, -0.1) is 0 Å². The topological polar surface area (TPSA) is 180 Å². The van der Waals surface area contributed by atoms with Crippen LogP contribution in [0.25, 0.3) is 0 Å². The molecule has 31 heavy (non-hydrogen) atoms. The third kappa shape index (κ3) is 42.5. The molecule has 0 aliphatic carbocycles. The molecule has 0 bridgehead atoms. The summed E-state index contributed by atoms with van der Waals surface area (Å²) in [5, 5.41) is 40.5. The van der Waals surface area contributed by atoms with Crippen LogP contribution in [0.4, 0.5) is 0 Å². The number of carboxylic acid groups (broad SMARTS) is 2. The second-order valence-electron chi connectivity index (χ2n) is 5.48. The second-order valence-corrected chi connectivity index (χ2v) is 5.48. The Balaban J connectivity index is -0.000000161. The van der Waals surface area contributed by atoms with Gasteiger partial charge in [0.15, 0.2) is 0 Å². The van der Waals surface area contributed by atoms with Crippen molar-refractivity contribution in [1.82, 2.24) is 0 Å². The molecule has 0 aromatic heterocycles. The van der Waals surface area contributed by atoms with Crippen LogP contribution in [0.2, 0.25) is 0 Å². The number of carbonyl (C=O) groups excluding carboxylic acids is 1. The second kappa shape index (κ2) is 27.4. The van der Waals surface area contributed by atoms with Gasteiger partial charge in [0, 0.05) is 16.7 Å². The number of hydrogen-bond acceptors (Lipinski definition) is 9. The SMILES string of the molecule is C=C(C)C(=O)O.C=C(C)C(=O)O.C=C(C)C(=O)OCCO.OCCOCCOCCO. The lowest BCUT2D eigenvalue weighted by Gasteiger charge is -2.01. The molecule has 0 atom stereocenters. The van der Waals surface area contributed by atoms with Crippen molar-refractivity contribution in [3.05, 3.63) is 36.5 Å². The minimum absolute atomic E-state index is 0.0417. The Kier molecular flexibility index (Phi) is 31.7. The number of aliphatic hydroxyl groups excluding tert-OH is 3. The lowest BCUT2D eigenvalue weighted by molar-refractivity contribution is -0.140. The Bertz CT molecular complexity index is 471. The highest BCUT2D eigenvalue weighted by Gasteiger charge is 1.99. The predicted molar refractivity (Wildman–Crippen MR) is 114 cm³/mol. The van der Waals surface area contributed by atoms with E-state index in [4.69, 9.17) is 35.0 Å². The van der Waals surface area contributed by atoms with Crippen molar-refractivity contribution in [1.29, 1.82) is 0 Å². The molecule has 0 fully saturated rings. The summed E-state index contributed by atoms with van der Waals surface area (Å²) in [6.45, 7) is 15.7. The van der Waals surface area contributed by atoms with E-state index in [0.717, 1.165) is 0 Å². The summed E-state index contributed by atoms with van der Waals surface area (Å²) in [4.78, 5) is 29.7. The van der Waals surface area contributed by atoms with E-state index in [1.807, 2.05) is 0 Å². The van der Waals surface area contributed by atoms with Crippen molar-refractivity contribution in [2.24, 2.45) is 0 Å². The maximum atomic E-state index is 10.5. The first kappa shape index (κ1) is 35.8. The zero-order valence-electron chi connectivity index (χ0n) is 18.5. The highest BCUT2D eigenvalue weighted by molar-refractivity contribution is 5.87. The maximum absolute atomic E-state index is 10.5. The molecule has 0 aliphatic heterocycles. The van der Waals surface area contributed by atoms with E-state index < -0.39 is 17.9 Å². The number of ether oxygens (including phenoxy) is 3. The van der Waals surface area contributed by atoms with E-state index in [1.165, 1.54) is 13.8 Å². The molecule has 0 radical (unpaired) electrons. The monoisotopic (exact) mass is 452 g/mol. The van der Waals surface area contributed by atoms with Gasteiger partial charge in [-0.05, 0) is 20.8 Å². The fraction of sp³-hybridized carbons (Fsp3) is 0.550. The van der Waals surface area contributed by atoms with Crippen LogP contribution in [-0.4, -0.2) is 96.3 Å². The Morgan fingerprint density at radius 3 is 1.10 bits per heavy atom. The van der Waals surface area contributed by atoms with Crippen LogP contribution in [-0.2, 0) is 28.6 Å². The first-order valence-corrected chi connectivity index (χ1v) is 8.97. The molecule has 0 aliphatic rings. The normalized spacial score (nSPS) is 8.71. The molecule has 182 valence electrons. The van der Waals surface area contributed by atoms with Crippen LogP contribution in [0.1, 0.15) is 20.8 Å². The Hall–Kier alpha value is -2.57. The van der Waals surface area contributed by atoms with Crippen molar-refractivity contribution < 1.29 is 54.1 Å². The molecule has 0 aromatic rings. The van der Waals surface area contributed by atoms with Gasteiger partial charge in [-0.1, -0.05) is 19.7 Å². The van der Waals surface area contributed by atoms with Crippen LogP contribution in [0, 0.1) is 0 Å². The molecule has 11 nitrogen and oxygen atoms in total. The first-order valence-electron chi connectivity index (χ1n) is 8.97. The summed E-state index contributed by atoms with van der Waals surface area (Å²) in [5.41, 5.74) is 0.702. The highest BCUT2D eigenvalue weighted by Crippen LogP contribution is 1.90. The van der Waals surface area contributed by atoms with E-state index in [0.29, 0.717) is 32.0 Å². The molecule has 0 heterocycles. The molecule has 0 aromatic carbocycles. The van der Waals surface area contributed by atoms with Crippen LogP contribution >= 0.6 is 0 Å². The number of hydrogen-bond donors (Lipinski definition) is 5. The fourth-order valence-corrected chi connectivity index (χ4v) is 0.713. The zero-order valence-corrected chi connectivity index (χ0v) is 18.5. The van der Waals surface area contributed by atoms with Crippen LogP contribution in [0.15, 0.2) is 36.5 Å². The highest BCUT2D eigenvalue weighted by atomic mass is 16.5. The van der Waals surface area contributed by atoms with Gasteiger partial charge in [0.25, 0.3) is 0 Å². The summed E-state index contributed by atoms with van der Waals surface area (Å²) in [5.74, 6) is -2.32. The average Bonchev–Trinajstić information content (AvgIpc) is 2.70. The molecule has 0 unspecified atom stereocenters. The lowest BCUT2D eigenvalue weighted by Crippen LogP contribution is -2.09. The van der Waals surface area contributed by atoms with Crippen molar-refractivity contribution in [2.75, 3.05) is 52.9 Å². The number of aliphatic hydroxyl groups is 3. The Labute approximate surface area is 182 Å². The average molecular weight is 452 g/mol. The standard InChI is InChI=1S/C6H14O4.C6H10O3.2C4H6O2/c7-1-3-9-5-6-10-4-2-8;1-5(2)6(8)9-4-3-7;2*1-3(2)4(5)6/h7-8H,1-6H2;7H,1,3-4H2,2H3;2*1H2,2H3,(H,5,6). The first-order chi connectivity index (χ1) is 14.4. The van der Waals surface area contributed by atoms with Gasteiger partial charge in [0.1, 0.15) is 6.61 Å². The number of carbonyl (C=O) groups is 3. The van der Waals surface area contributed by atoms with Crippen molar-refractivity contribution in [2.45, 2.75) is 20.8 Å². The molecule has 11 heteroatoms. The molecular weight excluding hydrogens is 416 g/mol. The molecule has 0 saturated carbocycles. The van der Waals surface area contributed by atoms with Gasteiger partial charge >= 0.3 is 17.9 Å². The van der Waals surface area contributed by atoms with E-state index in [-0.39, 0.29) is 37.6 Å². The third-order valence-electron chi connectivity index (χ3n) is 2.25. The Morgan fingerprint density at radius 2 is 0.903 bits per heavy atom. The molecule has 0 spiro atoms. The number of aliphatic carboxylic acids is 2. The minimum Gasteiger partial charge on any atom is -0.478 e. The van der Waals surface area contributed by atoms with Gasteiger partial charge in [-0.3, -0.25) is 0 Å². The van der Waals surface area contributed by atoms with Gasteiger partial charge in [-0.25, -0.2) is 14.4 Å². The summed E-state index contributed by atoms with van der Waals surface area (Å²) < 4.78 is 14.2. The largest absolute Gasteiger partial charge is 0.478 e. The van der Waals surface area contributed by atoms with Crippen molar-refractivity contribution >= 4 is 17.9 Å². The quantitative estimate of drug-likeness (QED) is 0.157. The fourth-order valence-electron chi connectivity index (χ4n) is 0.713. The summed E-state index contributed by atoms with van der Waals surface area (Å²) in [6, 6.07) is 0. The van der Waals surface area contributed by atoms with Gasteiger partial charge in [0.05, 0.1) is 46.2 Å². The number of rotatable bonds is 12. The van der Waals surface area contributed by atoms with E-state index in [2.05, 4.69) is 24.5 Å². The molecule has 0 rings (SSSR count). The molecular formula is C20H36O11. The van der Waals surface area contributed by atoms with E-state index in [1.54, 1.807) is 6.92 Å². The predicted octanol–water partition coefficient (Wildman–Crippen LogP) is 0.396. The summed E-state index contributed by atoms with van der Waals surface area (Å²) >= 11 is 0. The Morgan fingerprint density at radius 1 is 0.613 bits per heavy atom.